The average Bonchev–Trinajstić information content (AvgIpc) is 1.57. The van der Waals surface area contributed by atoms with Crippen LogP contribution in [0.1, 0.15) is 6.85 Å². The van der Waals surface area contributed by atoms with Gasteiger partial charge in [0.05, 0.1) is 46.9 Å². The minimum Gasteiger partial charge on any atom is -0.308 e. The number of hydrogen-bond acceptors (Lipinski definition) is 5. The third kappa shape index (κ3) is 8.94. The molecule has 0 saturated carbocycles. The van der Waals surface area contributed by atoms with Gasteiger partial charge in [-0.15, -0.1) is 22.7 Å². The normalized spacial score (nSPS) is 12.5. The van der Waals surface area contributed by atoms with Crippen LogP contribution < -0.4 is 0 Å². The summed E-state index contributed by atoms with van der Waals surface area (Å²) in [5.74, 6) is 1.03. The molecule has 0 amide bonds. The van der Waals surface area contributed by atoms with Gasteiger partial charge in [-0.2, -0.15) is 0 Å². The Morgan fingerprint density at radius 2 is 0.677 bits per heavy atom. The van der Waals surface area contributed by atoms with Gasteiger partial charge in [0.1, 0.15) is 0 Å². The molecule has 5 aromatic heterocycles. The summed E-state index contributed by atoms with van der Waals surface area (Å²) >= 11 is 3.46. The first kappa shape index (κ1) is 50.2. The van der Waals surface area contributed by atoms with E-state index in [1.165, 1.54) is 0 Å². The summed E-state index contributed by atoms with van der Waals surface area (Å²) in [6.07, 6.45) is 0. The van der Waals surface area contributed by atoms with Crippen molar-refractivity contribution in [2.45, 2.75) is 0 Å². The zero-order valence-electron chi connectivity index (χ0n) is 56.1. The second kappa shape index (κ2) is 22.4. The van der Waals surface area contributed by atoms with Gasteiger partial charge in [-0.05, 0) is 117 Å². The minimum absolute atomic E-state index is 0.0146. The Morgan fingerprint density at radius 3 is 1.09 bits per heavy atom. The molecule has 19 aromatic rings. The Morgan fingerprint density at radius 1 is 0.312 bits per heavy atom. The standard InChI is InChI=1S/C88H52N6S2/c1-89-72-53-71(88-91-86(59-33-19-7-20-34-59)90-87(92-88)60-35-21-8-22-36-60)82(93-73-43-37-61(54-23-9-2-10-24-54)51-69(73)80-75(93)45-41-65-67-49-63(56-27-13-4-14-28-56)39-47-77(67)95-84(65)80)83(79(72)58-31-17-6-18-32-58)94-74-44-38-62(55-25-11-3-12-26-55)52-70(74)81-76(94)46-42-66-68-50-64(57-29-15-5-16-30-57)40-48-78(68)96-85(66)81/h2-53H/i6D,17D,18D,31D,32D. The second-order valence-electron chi connectivity index (χ2n) is 24.1. The number of hydrogen-bond donors (Lipinski definition) is 0. The number of benzene rings is 14. The lowest BCUT2D eigenvalue weighted by Crippen LogP contribution is -2.10. The van der Waals surface area contributed by atoms with Crippen LogP contribution >= 0.6 is 22.7 Å². The lowest BCUT2D eigenvalue weighted by Gasteiger charge is -2.25. The fourth-order valence-electron chi connectivity index (χ4n) is 14.3. The van der Waals surface area contributed by atoms with Gasteiger partial charge >= 0.3 is 0 Å². The number of aromatic nitrogens is 5. The van der Waals surface area contributed by atoms with E-state index in [1.807, 2.05) is 97.1 Å². The Bertz CT molecular complexity index is 6600. The van der Waals surface area contributed by atoms with Crippen LogP contribution in [0.15, 0.2) is 315 Å². The van der Waals surface area contributed by atoms with Gasteiger partial charge < -0.3 is 9.13 Å². The highest BCUT2D eigenvalue weighted by atomic mass is 32.1. The highest BCUT2D eigenvalue weighted by Crippen LogP contribution is 2.54. The fourth-order valence-corrected chi connectivity index (χ4v) is 16.8. The van der Waals surface area contributed by atoms with Gasteiger partial charge in [0.25, 0.3) is 0 Å². The lowest BCUT2D eigenvalue weighted by molar-refractivity contribution is 1.05. The van der Waals surface area contributed by atoms with Crippen molar-refractivity contribution in [2.24, 2.45) is 0 Å². The van der Waals surface area contributed by atoms with Crippen molar-refractivity contribution in [1.29, 1.82) is 0 Å². The molecule has 0 fully saturated rings. The first-order valence-corrected chi connectivity index (χ1v) is 33.4. The smallest absolute Gasteiger partial charge is 0.197 e. The monoisotopic (exact) mass is 1260 g/mol. The van der Waals surface area contributed by atoms with Gasteiger partial charge in [-0.3, -0.25) is 0 Å². The first-order chi connectivity index (χ1) is 49.6. The molecular weight excluding hydrogens is 1210 g/mol. The first-order valence-electron chi connectivity index (χ1n) is 34.3. The largest absolute Gasteiger partial charge is 0.308 e. The van der Waals surface area contributed by atoms with Crippen molar-refractivity contribution in [3.8, 4) is 101 Å². The van der Waals surface area contributed by atoms with Crippen molar-refractivity contribution in [1.82, 2.24) is 24.1 Å². The molecule has 0 atom stereocenters. The molecule has 0 aliphatic rings. The Balaban J connectivity index is 1.04. The van der Waals surface area contributed by atoms with E-state index in [0.29, 0.717) is 28.6 Å². The molecule has 5 heterocycles. The predicted octanol–water partition coefficient (Wildman–Crippen LogP) is 24.7. The molecule has 8 heteroatoms. The number of fused-ring (bicyclic) bond motifs is 14. The highest BCUT2D eigenvalue weighted by Gasteiger charge is 2.32. The molecule has 0 unspecified atom stereocenters. The molecule has 19 rings (SSSR count). The SMILES string of the molecule is [2H]c1c([2H])c([2H])c(-c2c([N+]#[C-])cc(-c3nc(-c4ccccc4)nc(-c4ccccc4)n3)c(-n3c4ccc(-c5ccccc5)cc4c4c5sc6ccc(-c7ccccc7)cc6c5ccc43)c2-n2c3ccc(-c4ccccc4)cc3c3c4sc5ccc(-c6ccccc6)cc5c4ccc32)c([2H])c1[2H]. The zero-order chi connectivity index (χ0) is 67.7. The minimum atomic E-state index is -0.550. The van der Waals surface area contributed by atoms with E-state index in [9.17, 15) is 12.1 Å². The van der Waals surface area contributed by atoms with Crippen molar-refractivity contribution < 1.29 is 6.85 Å². The number of thiophene rings is 2. The van der Waals surface area contributed by atoms with E-state index in [2.05, 4.69) is 196 Å². The van der Waals surface area contributed by atoms with Gasteiger partial charge in [-0.25, -0.2) is 19.8 Å². The van der Waals surface area contributed by atoms with Crippen LogP contribution in [0, 0.1) is 6.57 Å². The summed E-state index contributed by atoms with van der Waals surface area (Å²) in [4.78, 5) is 20.8. The average molecular weight is 1260 g/mol. The van der Waals surface area contributed by atoms with Crippen LogP contribution in [0.25, 0.3) is 190 Å². The van der Waals surface area contributed by atoms with Crippen LogP contribution in [-0.2, 0) is 0 Å². The van der Waals surface area contributed by atoms with Crippen molar-refractivity contribution >= 4 is 112 Å². The molecule has 0 N–H and O–H groups in total. The van der Waals surface area contributed by atoms with Crippen molar-refractivity contribution in [3.63, 3.8) is 0 Å². The Labute approximate surface area is 567 Å². The Kier molecular flexibility index (Phi) is 11.7. The summed E-state index contributed by atoms with van der Waals surface area (Å²) in [7, 11) is 0. The lowest BCUT2D eigenvalue weighted by atomic mass is 9.95. The number of nitrogens with zero attached hydrogens (tertiary/aromatic N) is 6. The highest BCUT2D eigenvalue weighted by molar-refractivity contribution is 7.27. The van der Waals surface area contributed by atoms with Crippen LogP contribution in [0.5, 0.6) is 0 Å². The molecule has 0 spiro atoms. The predicted molar refractivity (Wildman–Crippen MR) is 404 cm³/mol. The van der Waals surface area contributed by atoms with E-state index < -0.39 is 30.2 Å². The maximum Gasteiger partial charge on any atom is 0.197 e. The molecule has 0 aliphatic heterocycles. The summed E-state index contributed by atoms with van der Waals surface area (Å²) in [6.45, 7) is 9.59. The topological polar surface area (TPSA) is 52.9 Å². The molecule has 14 aromatic carbocycles. The fraction of sp³-hybridized carbons (Fsp3) is 0. The molecule has 96 heavy (non-hydrogen) atoms. The number of rotatable bonds is 10. The van der Waals surface area contributed by atoms with Gasteiger partial charge in [0, 0.05) is 84.1 Å². The molecule has 0 saturated heterocycles. The van der Waals surface area contributed by atoms with Crippen molar-refractivity contribution in [3.05, 3.63) is 327 Å². The van der Waals surface area contributed by atoms with Gasteiger partial charge in [0.15, 0.2) is 23.2 Å². The van der Waals surface area contributed by atoms with Crippen LogP contribution in [0.4, 0.5) is 5.69 Å². The summed E-state index contributed by atoms with van der Waals surface area (Å²) in [5.41, 5.74) is 14.4. The van der Waals surface area contributed by atoms with Gasteiger partial charge in [0.2, 0.25) is 0 Å². The molecule has 0 radical (unpaired) electrons. The van der Waals surface area contributed by atoms with Crippen LogP contribution in [0.3, 0.4) is 0 Å². The van der Waals surface area contributed by atoms with Crippen molar-refractivity contribution in [2.75, 3.05) is 0 Å². The Hall–Kier alpha value is -12.4. The maximum absolute atomic E-state index is 10.1. The third-order valence-electron chi connectivity index (χ3n) is 18.7. The third-order valence-corrected chi connectivity index (χ3v) is 21.1. The van der Waals surface area contributed by atoms with Crippen LogP contribution in [-0.4, -0.2) is 24.1 Å². The van der Waals surface area contributed by atoms with Gasteiger partial charge in [-0.1, -0.05) is 249 Å². The van der Waals surface area contributed by atoms with E-state index in [0.717, 1.165) is 140 Å². The van der Waals surface area contributed by atoms with Crippen LogP contribution in [0.2, 0.25) is 0 Å². The quantitative estimate of drug-likeness (QED) is 0.128. The molecule has 6 nitrogen and oxygen atoms in total. The van der Waals surface area contributed by atoms with E-state index in [4.69, 9.17) is 16.3 Å². The molecule has 0 bridgehead atoms. The molecule has 0 aliphatic carbocycles. The van der Waals surface area contributed by atoms with E-state index >= 15 is 0 Å². The molecule has 446 valence electrons. The summed E-state index contributed by atoms with van der Waals surface area (Å²) in [6, 6.07) is 95.8. The summed E-state index contributed by atoms with van der Waals surface area (Å²) in [5, 5.41) is 8.15. The summed E-state index contributed by atoms with van der Waals surface area (Å²) < 4.78 is 57.1. The van der Waals surface area contributed by atoms with E-state index in [1.54, 1.807) is 28.7 Å². The molecular formula is C88H52N6S2. The second-order valence-corrected chi connectivity index (χ2v) is 26.2. The maximum atomic E-state index is 10.1. The zero-order valence-corrected chi connectivity index (χ0v) is 52.8. The van der Waals surface area contributed by atoms with E-state index in [-0.39, 0.29) is 22.6 Å².